The molecular formula is C21H39N5O. The summed E-state index contributed by atoms with van der Waals surface area (Å²) in [6.07, 6.45) is 9.29. The zero-order valence-electron chi connectivity index (χ0n) is 17.9. The van der Waals surface area contributed by atoms with Gasteiger partial charge < -0.3 is 20.1 Å². The molecule has 2 heterocycles. The van der Waals surface area contributed by atoms with E-state index in [4.69, 9.17) is 0 Å². The first-order valence-electron chi connectivity index (χ1n) is 10.6. The molecule has 154 valence electrons. The fraction of sp³-hybridized carbons (Fsp3) is 0.810. The maximum absolute atomic E-state index is 12.7. The molecule has 27 heavy (non-hydrogen) atoms. The zero-order chi connectivity index (χ0) is 19.9. The molecule has 0 spiro atoms. The van der Waals surface area contributed by atoms with Crippen LogP contribution < -0.4 is 10.6 Å². The minimum absolute atomic E-state index is 0.0169. The summed E-state index contributed by atoms with van der Waals surface area (Å²) in [5, 5.41) is 6.41. The van der Waals surface area contributed by atoms with Crippen molar-refractivity contribution >= 4 is 11.7 Å². The Balaban J connectivity index is 1.92. The molecule has 0 radical (unpaired) electrons. The predicted molar refractivity (Wildman–Crippen MR) is 112 cm³/mol. The van der Waals surface area contributed by atoms with Crippen LogP contribution >= 0.6 is 0 Å². The minimum atomic E-state index is -0.156. The van der Waals surface area contributed by atoms with Gasteiger partial charge in [-0.1, -0.05) is 27.2 Å². The van der Waals surface area contributed by atoms with Crippen LogP contribution in [-0.2, 0) is 10.3 Å². The second kappa shape index (κ2) is 10.2. The van der Waals surface area contributed by atoms with E-state index >= 15 is 0 Å². The van der Waals surface area contributed by atoms with E-state index in [1.807, 2.05) is 12.5 Å². The highest BCUT2D eigenvalue weighted by molar-refractivity contribution is 5.93. The second-order valence-electron chi connectivity index (χ2n) is 8.93. The molecule has 2 N–H and O–H groups in total. The highest BCUT2D eigenvalue weighted by Crippen LogP contribution is 2.21. The predicted octanol–water partition coefficient (Wildman–Crippen LogP) is 3.46. The number of carbonyl (C=O) groups is 1. The highest BCUT2D eigenvalue weighted by Gasteiger charge is 2.26. The third-order valence-electron chi connectivity index (χ3n) is 5.35. The van der Waals surface area contributed by atoms with E-state index in [2.05, 4.69) is 59.7 Å². The van der Waals surface area contributed by atoms with Crippen molar-refractivity contribution in [1.82, 2.24) is 19.8 Å². The molecule has 0 bridgehead atoms. The van der Waals surface area contributed by atoms with Crippen molar-refractivity contribution in [2.75, 3.05) is 31.5 Å². The van der Waals surface area contributed by atoms with E-state index in [1.165, 1.54) is 25.9 Å². The average Bonchev–Trinajstić information content (AvgIpc) is 3.25. The van der Waals surface area contributed by atoms with Crippen molar-refractivity contribution in [1.29, 1.82) is 0 Å². The molecule has 1 amide bonds. The molecule has 0 aliphatic carbocycles. The fourth-order valence-corrected chi connectivity index (χ4v) is 3.66. The number of nitrogens with one attached hydrogen (secondary N) is 2. The fourth-order valence-electron chi connectivity index (χ4n) is 3.66. The number of likely N-dealkylation sites (tertiary alicyclic amines) is 1. The molecule has 1 aliphatic heterocycles. The molecule has 1 aromatic heterocycles. The Morgan fingerprint density at radius 3 is 2.59 bits per heavy atom. The van der Waals surface area contributed by atoms with Gasteiger partial charge in [-0.3, -0.25) is 4.79 Å². The summed E-state index contributed by atoms with van der Waals surface area (Å²) in [7, 11) is 0. The molecule has 0 unspecified atom stereocenters. The van der Waals surface area contributed by atoms with Gasteiger partial charge in [0.15, 0.2) is 5.82 Å². The van der Waals surface area contributed by atoms with Gasteiger partial charge >= 0.3 is 0 Å². The van der Waals surface area contributed by atoms with Crippen LogP contribution in [0.5, 0.6) is 0 Å². The smallest absolute Gasteiger partial charge is 0.242 e. The summed E-state index contributed by atoms with van der Waals surface area (Å²) in [5.41, 5.74) is -0.0430. The van der Waals surface area contributed by atoms with E-state index < -0.39 is 0 Å². The maximum atomic E-state index is 12.7. The summed E-state index contributed by atoms with van der Waals surface area (Å²) in [6.45, 7) is 15.2. The number of hydrogen-bond donors (Lipinski definition) is 2. The summed E-state index contributed by atoms with van der Waals surface area (Å²) < 4.78 is 2.13. The van der Waals surface area contributed by atoms with E-state index in [-0.39, 0.29) is 17.5 Å². The Morgan fingerprint density at radius 2 is 1.96 bits per heavy atom. The lowest BCUT2D eigenvalue weighted by molar-refractivity contribution is -0.118. The lowest BCUT2D eigenvalue weighted by Crippen LogP contribution is -2.41. The van der Waals surface area contributed by atoms with E-state index in [9.17, 15) is 4.79 Å². The van der Waals surface area contributed by atoms with E-state index in [1.54, 1.807) is 0 Å². The van der Waals surface area contributed by atoms with Gasteiger partial charge in [-0.05, 0) is 65.1 Å². The van der Waals surface area contributed by atoms with Crippen LogP contribution in [0.15, 0.2) is 12.5 Å². The quantitative estimate of drug-likeness (QED) is 0.620. The molecule has 0 aromatic carbocycles. The summed E-state index contributed by atoms with van der Waals surface area (Å²) >= 11 is 0. The number of rotatable bonds is 11. The minimum Gasteiger partial charge on any atom is -0.328 e. The van der Waals surface area contributed by atoms with Gasteiger partial charge in [0.25, 0.3) is 0 Å². The highest BCUT2D eigenvalue weighted by atomic mass is 16.2. The molecule has 6 heteroatoms. The molecule has 1 fully saturated rings. The van der Waals surface area contributed by atoms with Gasteiger partial charge in [0.2, 0.25) is 5.91 Å². The summed E-state index contributed by atoms with van der Waals surface area (Å²) in [5.74, 6) is 1.29. The van der Waals surface area contributed by atoms with Crippen molar-refractivity contribution in [3.8, 4) is 0 Å². The number of carbonyl (C=O) groups excluding carboxylic acids is 1. The normalized spacial score (nSPS) is 16.8. The van der Waals surface area contributed by atoms with Crippen LogP contribution in [0.2, 0.25) is 0 Å². The van der Waals surface area contributed by atoms with Crippen LogP contribution in [0.25, 0.3) is 0 Å². The van der Waals surface area contributed by atoms with Crippen LogP contribution in [0, 0.1) is 5.92 Å². The van der Waals surface area contributed by atoms with Gasteiger partial charge in [-0.25, -0.2) is 4.98 Å². The third kappa shape index (κ3) is 6.92. The van der Waals surface area contributed by atoms with E-state index in [0.29, 0.717) is 11.7 Å². The molecule has 0 saturated carbocycles. The Morgan fingerprint density at radius 1 is 1.26 bits per heavy atom. The van der Waals surface area contributed by atoms with Crippen LogP contribution in [0.3, 0.4) is 0 Å². The van der Waals surface area contributed by atoms with Crippen molar-refractivity contribution in [3.05, 3.63) is 12.5 Å². The molecule has 2 rings (SSSR count). The average molecular weight is 378 g/mol. The largest absolute Gasteiger partial charge is 0.328 e. The van der Waals surface area contributed by atoms with Gasteiger partial charge in [-0.15, -0.1) is 0 Å². The maximum Gasteiger partial charge on any atom is 0.242 e. The lowest BCUT2D eigenvalue weighted by Gasteiger charge is -2.31. The molecular weight excluding hydrogens is 338 g/mol. The van der Waals surface area contributed by atoms with Crippen molar-refractivity contribution in [2.45, 2.75) is 78.3 Å². The van der Waals surface area contributed by atoms with Gasteiger partial charge in [0, 0.05) is 12.7 Å². The first kappa shape index (κ1) is 21.9. The van der Waals surface area contributed by atoms with Crippen molar-refractivity contribution in [2.24, 2.45) is 5.92 Å². The molecule has 1 aromatic rings. The number of nitrogens with zero attached hydrogens (tertiary/aromatic N) is 3. The van der Waals surface area contributed by atoms with Crippen LogP contribution in [0.4, 0.5) is 5.82 Å². The van der Waals surface area contributed by atoms with Crippen molar-refractivity contribution < 1.29 is 4.79 Å². The molecule has 1 aliphatic rings. The van der Waals surface area contributed by atoms with Crippen LogP contribution in [0.1, 0.15) is 66.7 Å². The number of aromatic nitrogens is 2. The lowest BCUT2D eigenvalue weighted by atomic mass is 10.1. The monoisotopic (exact) mass is 377 g/mol. The van der Waals surface area contributed by atoms with Gasteiger partial charge in [0.1, 0.15) is 0 Å². The van der Waals surface area contributed by atoms with Crippen LogP contribution in [-0.4, -0.2) is 52.6 Å². The first-order chi connectivity index (χ1) is 12.8. The zero-order valence-corrected chi connectivity index (χ0v) is 17.9. The third-order valence-corrected chi connectivity index (χ3v) is 5.35. The van der Waals surface area contributed by atoms with E-state index in [0.717, 1.165) is 32.4 Å². The number of anilines is 1. The van der Waals surface area contributed by atoms with Gasteiger partial charge in [-0.2, -0.15) is 0 Å². The molecule has 6 nitrogen and oxygen atoms in total. The number of hydrogen-bond acceptors (Lipinski definition) is 4. The van der Waals surface area contributed by atoms with Crippen molar-refractivity contribution in [3.63, 3.8) is 0 Å². The first-order valence-corrected chi connectivity index (χ1v) is 10.6. The topological polar surface area (TPSA) is 62.2 Å². The SMILES string of the molecule is CCC[C@H](NCCC(C)C)C(=O)Nc1cn(C(C)(C)CN2CCCC2)cn1. The van der Waals surface area contributed by atoms with Gasteiger partial charge in [0.05, 0.1) is 17.9 Å². The Kier molecular flexibility index (Phi) is 8.29. The number of imidazole rings is 1. The Hall–Kier alpha value is -1.40. The molecule has 1 atom stereocenters. The standard InChI is InChI=1S/C21H39N5O/c1-6-9-18(22-11-10-17(2)3)20(27)24-19-14-26(16-23-19)21(4,5)15-25-12-7-8-13-25/h14,16-18,22H,6-13,15H2,1-5H3,(H,24,27)/t18-/m0/s1. The Labute approximate surface area is 165 Å². The summed E-state index contributed by atoms with van der Waals surface area (Å²) in [4.78, 5) is 19.6. The summed E-state index contributed by atoms with van der Waals surface area (Å²) in [6, 6.07) is -0.156. The number of amides is 1. The Bertz CT molecular complexity index is 575. The molecule has 1 saturated heterocycles. The second-order valence-corrected chi connectivity index (χ2v) is 8.93.